The number of carbonyl (C=O) groups is 3. The molecule has 1 saturated carbocycles. The SMILES string of the molecule is CCNC(=O)c1nc[nH]c1C(=O)N[C@H]1CC[C@]2(CCN(c3ccc(F)cc3Cl)C2=O)CC1. The Morgan fingerprint density at radius 1 is 1.28 bits per heavy atom. The number of halogens is 2. The van der Waals surface area contributed by atoms with E-state index in [0.29, 0.717) is 50.9 Å². The molecule has 1 spiro atoms. The standard InChI is InChI=1S/C22H25ClFN5O3/c1-2-25-19(30)17-18(27-12-26-17)20(31)28-14-5-7-22(8-6-14)9-10-29(21(22)32)16-4-3-13(24)11-15(16)23/h3-4,11-12,14H,2,5-10H2,1H3,(H,25,30)(H,26,27)(H,28,31)/t14-,22+. The van der Waals surface area contributed by atoms with Crippen LogP contribution >= 0.6 is 11.6 Å². The fraction of sp³-hybridized carbons (Fsp3) is 0.455. The number of nitrogens with zero attached hydrogens (tertiary/aromatic N) is 2. The van der Waals surface area contributed by atoms with Crippen molar-refractivity contribution >= 4 is 35.0 Å². The van der Waals surface area contributed by atoms with Crippen molar-refractivity contribution in [1.82, 2.24) is 20.6 Å². The molecule has 1 aromatic heterocycles. The predicted molar refractivity (Wildman–Crippen MR) is 117 cm³/mol. The van der Waals surface area contributed by atoms with Gasteiger partial charge < -0.3 is 20.5 Å². The van der Waals surface area contributed by atoms with Crippen LogP contribution in [0.1, 0.15) is 60.0 Å². The number of aromatic nitrogens is 2. The molecule has 0 radical (unpaired) electrons. The monoisotopic (exact) mass is 461 g/mol. The number of rotatable bonds is 5. The number of anilines is 1. The van der Waals surface area contributed by atoms with Gasteiger partial charge in [-0.1, -0.05) is 11.6 Å². The highest BCUT2D eigenvalue weighted by molar-refractivity contribution is 6.34. The zero-order valence-electron chi connectivity index (χ0n) is 17.7. The van der Waals surface area contributed by atoms with Crippen LogP contribution < -0.4 is 15.5 Å². The molecule has 1 aliphatic carbocycles. The van der Waals surface area contributed by atoms with Gasteiger partial charge in [0.15, 0.2) is 5.69 Å². The summed E-state index contributed by atoms with van der Waals surface area (Å²) in [4.78, 5) is 46.4. The second-order valence-electron chi connectivity index (χ2n) is 8.32. The third-order valence-electron chi connectivity index (χ3n) is 6.41. The van der Waals surface area contributed by atoms with Gasteiger partial charge in [-0.15, -0.1) is 0 Å². The summed E-state index contributed by atoms with van der Waals surface area (Å²) >= 11 is 6.17. The highest BCUT2D eigenvalue weighted by atomic mass is 35.5. The maximum Gasteiger partial charge on any atom is 0.272 e. The van der Waals surface area contributed by atoms with Crippen LogP contribution in [0.3, 0.4) is 0 Å². The molecule has 170 valence electrons. The van der Waals surface area contributed by atoms with E-state index >= 15 is 0 Å². The molecule has 8 nitrogen and oxygen atoms in total. The minimum absolute atomic E-state index is 0.00266. The second-order valence-corrected chi connectivity index (χ2v) is 8.72. The fourth-order valence-electron chi connectivity index (χ4n) is 4.67. The molecule has 2 heterocycles. The molecule has 32 heavy (non-hydrogen) atoms. The van der Waals surface area contributed by atoms with Crippen LogP contribution in [0.2, 0.25) is 5.02 Å². The van der Waals surface area contributed by atoms with Crippen LogP contribution in [-0.4, -0.2) is 46.8 Å². The van der Waals surface area contributed by atoms with E-state index in [1.165, 1.54) is 24.5 Å². The van der Waals surface area contributed by atoms with Gasteiger partial charge in [-0.05, 0) is 57.2 Å². The molecule has 1 aliphatic heterocycles. The first-order valence-electron chi connectivity index (χ1n) is 10.7. The third kappa shape index (κ3) is 4.09. The van der Waals surface area contributed by atoms with Crippen molar-refractivity contribution in [3.8, 4) is 0 Å². The minimum Gasteiger partial charge on any atom is -0.351 e. The summed E-state index contributed by atoms with van der Waals surface area (Å²) < 4.78 is 13.4. The lowest BCUT2D eigenvalue weighted by molar-refractivity contribution is -0.127. The van der Waals surface area contributed by atoms with Gasteiger partial charge in [-0.2, -0.15) is 0 Å². The number of amides is 3. The Bertz CT molecular complexity index is 1050. The lowest BCUT2D eigenvalue weighted by Crippen LogP contribution is -2.44. The Balaban J connectivity index is 1.38. The Kier molecular flexibility index (Phi) is 6.19. The molecule has 0 bridgehead atoms. The molecular formula is C22H25ClFN5O3. The van der Waals surface area contributed by atoms with Crippen molar-refractivity contribution < 1.29 is 18.8 Å². The van der Waals surface area contributed by atoms with Crippen molar-refractivity contribution in [1.29, 1.82) is 0 Å². The lowest BCUT2D eigenvalue weighted by Gasteiger charge is -2.36. The molecule has 0 atom stereocenters. The number of nitrogens with one attached hydrogen (secondary N) is 3. The molecule has 0 unspecified atom stereocenters. The highest BCUT2D eigenvalue weighted by Crippen LogP contribution is 2.47. The summed E-state index contributed by atoms with van der Waals surface area (Å²) in [6.07, 6.45) is 4.58. The van der Waals surface area contributed by atoms with Crippen molar-refractivity contribution in [3.05, 3.63) is 46.8 Å². The number of H-pyrrole nitrogens is 1. The molecular weight excluding hydrogens is 437 g/mol. The van der Waals surface area contributed by atoms with Crippen molar-refractivity contribution in [3.63, 3.8) is 0 Å². The van der Waals surface area contributed by atoms with E-state index in [9.17, 15) is 18.8 Å². The summed E-state index contributed by atoms with van der Waals surface area (Å²) in [6, 6.07) is 3.95. The van der Waals surface area contributed by atoms with Crippen molar-refractivity contribution in [2.45, 2.75) is 45.1 Å². The van der Waals surface area contributed by atoms with Gasteiger partial charge >= 0.3 is 0 Å². The number of hydrogen-bond acceptors (Lipinski definition) is 4. The Hall–Kier alpha value is -2.94. The number of carbonyl (C=O) groups excluding carboxylic acids is 3. The maximum atomic E-state index is 13.4. The maximum absolute atomic E-state index is 13.4. The van der Waals surface area contributed by atoms with E-state index in [4.69, 9.17) is 11.6 Å². The summed E-state index contributed by atoms with van der Waals surface area (Å²) in [6.45, 7) is 2.76. The fourth-order valence-corrected chi connectivity index (χ4v) is 4.94. The normalized spacial score (nSPS) is 22.9. The van der Waals surface area contributed by atoms with Crippen molar-refractivity contribution in [2.24, 2.45) is 5.41 Å². The van der Waals surface area contributed by atoms with Gasteiger partial charge in [0.2, 0.25) is 5.91 Å². The molecule has 10 heteroatoms. The molecule has 3 N–H and O–H groups in total. The number of aromatic amines is 1. The number of hydrogen-bond donors (Lipinski definition) is 3. The first-order valence-corrected chi connectivity index (χ1v) is 11.1. The van der Waals surface area contributed by atoms with Gasteiger partial charge in [0, 0.05) is 19.1 Å². The van der Waals surface area contributed by atoms with Crippen LogP contribution in [-0.2, 0) is 4.79 Å². The Morgan fingerprint density at radius 3 is 2.72 bits per heavy atom. The van der Waals surface area contributed by atoms with E-state index in [1.807, 2.05) is 0 Å². The first kappa shape index (κ1) is 22.3. The quantitative estimate of drug-likeness (QED) is 0.636. The van der Waals surface area contributed by atoms with E-state index in [1.54, 1.807) is 11.8 Å². The summed E-state index contributed by atoms with van der Waals surface area (Å²) in [7, 11) is 0. The summed E-state index contributed by atoms with van der Waals surface area (Å²) in [5, 5.41) is 5.82. The third-order valence-corrected chi connectivity index (χ3v) is 6.71. The average Bonchev–Trinajstić information content (AvgIpc) is 3.37. The van der Waals surface area contributed by atoms with Crippen LogP contribution in [0.25, 0.3) is 0 Å². The van der Waals surface area contributed by atoms with Gasteiger partial charge in [-0.3, -0.25) is 14.4 Å². The van der Waals surface area contributed by atoms with E-state index in [2.05, 4.69) is 20.6 Å². The second kappa shape index (κ2) is 8.90. The minimum atomic E-state index is -0.487. The largest absolute Gasteiger partial charge is 0.351 e. The Labute approximate surface area is 189 Å². The van der Waals surface area contributed by atoms with E-state index in [0.717, 1.165) is 0 Å². The zero-order chi connectivity index (χ0) is 22.9. The molecule has 1 aromatic carbocycles. The summed E-state index contributed by atoms with van der Waals surface area (Å²) in [5.74, 6) is -1.23. The van der Waals surface area contributed by atoms with Crippen LogP contribution in [0.4, 0.5) is 10.1 Å². The Morgan fingerprint density at radius 2 is 2.03 bits per heavy atom. The smallest absolute Gasteiger partial charge is 0.272 e. The predicted octanol–water partition coefficient (Wildman–Crippen LogP) is 3.05. The van der Waals surface area contributed by atoms with E-state index < -0.39 is 17.1 Å². The molecule has 2 aromatic rings. The van der Waals surface area contributed by atoms with Crippen LogP contribution in [0, 0.1) is 11.2 Å². The highest BCUT2D eigenvalue weighted by Gasteiger charge is 2.49. The lowest BCUT2D eigenvalue weighted by atomic mass is 9.71. The topological polar surface area (TPSA) is 107 Å². The molecule has 2 fully saturated rings. The molecule has 1 saturated heterocycles. The van der Waals surface area contributed by atoms with Gasteiger partial charge in [0.25, 0.3) is 11.8 Å². The molecule has 2 aliphatic rings. The van der Waals surface area contributed by atoms with Gasteiger partial charge in [-0.25, -0.2) is 9.37 Å². The van der Waals surface area contributed by atoms with Crippen LogP contribution in [0.5, 0.6) is 0 Å². The van der Waals surface area contributed by atoms with Gasteiger partial charge in [0.05, 0.1) is 22.5 Å². The van der Waals surface area contributed by atoms with Crippen LogP contribution in [0.15, 0.2) is 24.5 Å². The average molecular weight is 462 g/mol. The number of imidazole rings is 1. The van der Waals surface area contributed by atoms with Gasteiger partial charge in [0.1, 0.15) is 11.5 Å². The van der Waals surface area contributed by atoms with E-state index in [-0.39, 0.29) is 34.3 Å². The number of benzene rings is 1. The first-order chi connectivity index (χ1) is 15.3. The van der Waals surface area contributed by atoms with Crippen molar-refractivity contribution in [2.75, 3.05) is 18.0 Å². The molecule has 4 rings (SSSR count). The molecule has 3 amide bonds. The zero-order valence-corrected chi connectivity index (χ0v) is 18.5. The summed E-state index contributed by atoms with van der Waals surface area (Å²) in [5.41, 5.74) is 0.237.